The summed E-state index contributed by atoms with van der Waals surface area (Å²) in [5, 5.41) is 23.1. The highest BCUT2D eigenvalue weighted by atomic mass is 16.3. The predicted octanol–water partition coefficient (Wildman–Crippen LogP) is 18.1. The zero-order valence-corrected chi connectivity index (χ0v) is 42.2. The van der Waals surface area contributed by atoms with Crippen LogP contribution in [0.1, 0.15) is 101 Å². The summed E-state index contributed by atoms with van der Waals surface area (Å²) < 4.78 is 14.9. The van der Waals surface area contributed by atoms with E-state index in [0.717, 1.165) is 101 Å². The molecule has 0 saturated heterocycles. The molecule has 0 N–H and O–H groups in total. The Labute approximate surface area is 437 Å². The van der Waals surface area contributed by atoms with Crippen molar-refractivity contribution in [2.24, 2.45) is 5.92 Å². The number of rotatable bonds is 10. The van der Waals surface area contributed by atoms with Gasteiger partial charge in [-0.1, -0.05) is 155 Å². The first kappa shape index (κ1) is 45.5. The van der Waals surface area contributed by atoms with Gasteiger partial charge in [0.1, 0.15) is 22.5 Å². The largest absolute Gasteiger partial charge is 0.460 e. The molecule has 75 heavy (non-hydrogen) atoms. The monoisotopic (exact) mass is 968 g/mol. The molecule has 6 heteroatoms. The molecule has 0 radical (unpaired) electrons. The summed E-state index contributed by atoms with van der Waals surface area (Å²) >= 11 is 0. The summed E-state index contributed by atoms with van der Waals surface area (Å²) in [5.74, 6) is 0.956. The maximum absolute atomic E-state index is 10.0. The van der Waals surface area contributed by atoms with Gasteiger partial charge in [0, 0.05) is 50.6 Å². The fourth-order valence-electron chi connectivity index (χ4n) is 12.3. The van der Waals surface area contributed by atoms with E-state index < -0.39 is 5.41 Å². The van der Waals surface area contributed by atoms with Crippen molar-refractivity contribution in [3.8, 4) is 12.1 Å². The zero-order valence-electron chi connectivity index (χ0n) is 42.2. The number of fused-ring (bicyclic) bond motifs is 11. The second-order valence-corrected chi connectivity index (χ2v) is 20.6. The molecule has 2 aliphatic rings. The summed E-state index contributed by atoms with van der Waals surface area (Å²) in [5.41, 5.74) is 16.5. The molecular formula is C69H52N4O2. The second-order valence-electron chi connectivity index (χ2n) is 20.6. The van der Waals surface area contributed by atoms with E-state index in [4.69, 9.17) is 8.83 Å². The van der Waals surface area contributed by atoms with E-state index in [2.05, 4.69) is 238 Å². The number of anilines is 5. The maximum atomic E-state index is 10.0. The molecule has 2 aliphatic carbocycles. The SMILES string of the molecule is CC(C)c1ccc(N(C2=CC3C(c4oc5ccccc5c42)c2c(cc(N(c4ccc(C#N)cc4)c4ccc(C(C)C)cc4)c4c2oc2ccccc24)C3(c2ccccc2)c2ccccc2)c2ccc(C#N)cc2)cc1. The molecule has 0 amide bonds. The first-order chi connectivity index (χ1) is 36.8. The van der Waals surface area contributed by atoms with Crippen LogP contribution in [-0.2, 0) is 5.41 Å². The van der Waals surface area contributed by atoms with Crippen LogP contribution in [0, 0.1) is 28.6 Å². The Morgan fingerprint density at radius 2 is 0.947 bits per heavy atom. The fraction of sp³-hybridized carbons (Fsp3) is 0.130. The van der Waals surface area contributed by atoms with E-state index in [0.29, 0.717) is 23.0 Å². The first-order valence-corrected chi connectivity index (χ1v) is 25.9. The van der Waals surface area contributed by atoms with Crippen LogP contribution in [0.5, 0.6) is 0 Å². The minimum absolute atomic E-state index is 0.281. The third-order valence-electron chi connectivity index (χ3n) is 15.8. The van der Waals surface area contributed by atoms with E-state index in [1.54, 1.807) is 0 Å². The standard InChI is InChI=1S/C69H52N4O2/c1-43(2)47-27-35-53(36-28-47)72(51-31-23-45(41-70)24-32-51)59-39-57-65(67-63(59)55-19-11-13-21-61(55)74-67)66-58(69(57,49-15-7-5-8-16-49)50-17-9-6-10-18-50)40-60(64-56-20-12-14-22-62(56)75-68(64)66)73(52-33-25-46(42-71)26-34-52)54-37-29-48(30-38-54)44(3)4/h5-40,43-44,57,65H,1-4H3. The minimum Gasteiger partial charge on any atom is -0.460 e. The second kappa shape index (κ2) is 18.0. The van der Waals surface area contributed by atoms with Crippen LogP contribution in [0.15, 0.2) is 227 Å². The highest BCUT2D eigenvalue weighted by molar-refractivity contribution is 6.16. The molecular weight excluding hydrogens is 917 g/mol. The minimum atomic E-state index is -0.831. The van der Waals surface area contributed by atoms with Crippen LogP contribution in [0.3, 0.4) is 0 Å². The lowest BCUT2D eigenvalue weighted by Crippen LogP contribution is -2.37. The lowest BCUT2D eigenvalue weighted by molar-refractivity contribution is 0.401. The van der Waals surface area contributed by atoms with Crippen LogP contribution < -0.4 is 9.80 Å². The summed E-state index contributed by atoms with van der Waals surface area (Å²) in [6, 6.07) is 79.6. The van der Waals surface area contributed by atoms with Crippen molar-refractivity contribution in [2.75, 3.05) is 9.80 Å². The summed E-state index contributed by atoms with van der Waals surface area (Å²) in [6.45, 7) is 8.89. The van der Waals surface area contributed by atoms with E-state index in [1.807, 2.05) is 30.3 Å². The summed E-state index contributed by atoms with van der Waals surface area (Å²) in [4.78, 5) is 4.71. The zero-order chi connectivity index (χ0) is 51.0. The Hall–Kier alpha value is -9.36. The molecule has 2 unspecified atom stereocenters. The molecule has 2 heterocycles. The predicted molar refractivity (Wildman–Crippen MR) is 303 cm³/mol. The van der Waals surface area contributed by atoms with Crippen molar-refractivity contribution in [1.82, 2.24) is 0 Å². The Morgan fingerprint density at radius 1 is 0.493 bits per heavy atom. The highest BCUT2D eigenvalue weighted by Crippen LogP contribution is 2.67. The van der Waals surface area contributed by atoms with Crippen molar-refractivity contribution in [3.05, 3.63) is 274 Å². The third-order valence-corrected chi connectivity index (χ3v) is 15.8. The van der Waals surface area contributed by atoms with Gasteiger partial charge in [0.25, 0.3) is 0 Å². The van der Waals surface area contributed by atoms with Crippen molar-refractivity contribution < 1.29 is 8.83 Å². The van der Waals surface area contributed by atoms with Gasteiger partial charge in [-0.3, -0.25) is 0 Å². The summed E-state index contributed by atoms with van der Waals surface area (Å²) in [6.07, 6.45) is 2.53. The Balaban J connectivity index is 1.20. The molecule has 0 saturated carbocycles. The molecule has 6 nitrogen and oxygen atoms in total. The lowest BCUT2D eigenvalue weighted by Gasteiger charge is -2.41. The number of para-hydroxylation sites is 2. The van der Waals surface area contributed by atoms with Crippen LogP contribution in [0.2, 0.25) is 0 Å². The topological polar surface area (TPSA) is 80.3 Å². The molecule has 0 spiro atoms. The van der Waals surface area contributed by atoms with E-state index >= 15 is 0 Å². The smallest absolute Gasteiger partial charge is 0.141 e. The molecule has 2 aromatic heterocycles. The molecule has 2 atom stereocenters. The number of nitriles is 2. The van der Waals surface area contributed by atoms with Gasteiger partial charge in [0.15, 0.2) is 0 Å². The molecule has 13 rings (SSSR count). The molecule has 0 aliphatic heterocycles. The molecule has 0 fully saturated rings. The number of hydrogen-bond donors (Lipinski definition) is 0. The van der Waals surface area contributed by atoms with Gasteiger partial charge in [0.2, 0.25) is 0 Å². The molecule has 0 bridgehead atoms. The number of furan rings is 2. The van der Waals surface area contributed by atoms with E-state index in [1.165, 1.54) is 11.1 Å². The van der Waals surface area contributed by atoms with Gasteiger partial charge < -0.3 is 18.6 Å². The Kier molecular flexibility index (Phi) is 10.9. The fourth-order valence-corrected chi connectivity index (χ4v) is 12.3. The van der Waals surface area contributed by atoms with Crippen LogP contribution in [0.4, 0.5) is 28.4 Å². The molecule has 9 aromatic carbocycles. The van der Waals surface area contributed by atoms with Gasteiger partial charge in [-0.25, -0.2) is 0 Å². The lowest BCUT2D eigenvalue weighted by atomic mass is 9.62. The number of nitrogens with zero attached hydrogens (tertiary/aromatic N) is 4. The normalized spacial score (nSPS) is 15.3. The van der Waals surface area contributed by atoms with Gasteiger partial charge >= 0.3 is 0 Å². The third kappa shape index (κ3) is 7.13. The van der Waals surface area contributed by atoms with Crippen LogP contribution in [-0.4, -0.2) is 0 Å². The van der Waals surface area contributed by atoms with Crippen molar-refractivity contribution >= 4 is 67.0 Å². The van der Waals surface area contributed by atoms with Crippen molar-refractivity contribution in [1.29, 1.82) is 10.5 Å². The first-order valence-electron chi connectivity index (χ1n) is 25.9. The molecule has 11 aromatic rings. The number of allylic oxidation sites excluding steroid dienone is 1. The number of benzene rings is 9. The average Bonchev–Trinajstić information content (AvgIpc) is 4.35. The van der Waals surface area contributed by atoms with Gasteiger partial charge in [-0.2, -0.15) is 10.5 Å². The van der Waals surface area contributed by atoms with Gasteiger partial charge in [-0.05, 0) is 131 Å². The van der Waals surface area contributed by atoms with Crippen LogP contribution in [0.25, 0.3) is 38.6 Å². The van der Waals surface area contributed by atoms with Gasteiger partial charge in [0.05, 0.1) is 51.4 Å². The highest BCUT2D eigenvalue weighted by Gasteiger charge is 2.59. The maximum Gasteiger partial charge on any atom is 0.141 e. The number of hydrogen-bond acceptors (Lipinski definition) is 6. The van der Waals surface area contributed by atoms with Crippen molar-refractivity contribution in [2.45, 2.75) is 50.9 Å². The van der Waals surface area contributed by atoms with Crippen molar-refractivity contribution in [3.63, 3.8) is 0 Å². The molecule has 360 valence electrons. The van der Waals surface area contributed by atoms with Crippen LogP contribution >= 0.6 is 0 Å². The average molecular weight is 969 g/mol. The Morgan fingerprint density at radius 3 is 1.45 bits per heavy atom. The van der Waals surface area contributed by atoms with Gasteiger partial charge in [-0.15, -0.1) is 0 Å². The quantitative estimate of drug-likeness (QED) is 0.136. The van der Waals surface area contributed by atoms with E-state index in [9.17, 15) is 10.5 Å². The van der Waals surface area contributed by atoms with E-state index in [-0.39, 0.29) is 11.8 Å². The Bertz CT molecular complexity index is 4040. The summed E-state index contributed by atoms with van der Waals surface area (Å²) in [7, 11) is 0.